The summed E-state index contributed by atoms with van der Waals surface area (Å²) in [6.45, 7) is 5.75. The molecule has 1 unspecified atom stereocenters. The van der Waals surface area contributed by atoms with E-state index in [1.807, 2.05) is 6.92 Å². The highest BCUT2D eigenvalue weighted by atomic mass is 19.1. The first kappa shape index (κ1) is 13.6. The van der Waals surface area contributed by atoms with Gasteiger partial charge in [-0.15, -0.1) is 0 Å². The second-order valence-electron chi connectivity index (χ2n) is 4.59. The number of hydrogen-bond donors (Lipinski definition) is 2. The molecular weight excluding hydrogens is 219 g/mol. The van der Waals surface area contributed by atoms with Crippen molar-refractivity contribution in [3.8, 4) is 0 Å². The van der Waals surface area contributed by atoms with E-state index >= 15 is 0 Å². The normalized spacial score (nSPS) is 14.2. The van der Waals surface area contributed by atoms with E-state index in [4.69, 9.17) is 5.73 Å². The number of anilines is 1. The monoisotopic (exact) mass is 238 g/mol. The highest BCUT2D eigenvalue weighted by Crippen LogP contribution is 2.22. The summed E-state index contributed by atoms with van der Waals surface area (Å²) >= 11 is 0. The fourth-order valence-electron chi connectivity index (χ4n) is 1.49. The summed E-state index contributed by atoms with van der Waals surface area (Å²) in [5.74, 6) is -0.529. The van der Waals surface area contributed by atoms with Gasteiger partial charge in [0, 0.05) is 12.2 Å². The second-order valence-corrected chi connectivity index (χ2v) is 4.59. The molecule has 0 spiro atoms. The van der Waals surface area contributed by atoms with Crippen LogP contribution in [0.15, 0.2) is 18.2 Å². The lowest BCUT2D eigenvalue weighted by Gasteiger charge is -2.25. The highest BCUT2D eigenvalue weighted by Gasteiger charge is 2.29. The van der Waals surface area contributed by atoms with Crippen LogP contribution in [0.4, 0.5) is 10.1 Å². The van der Waals surface area contributed by atoms with Crippen molar-refractivity contribution >= 4 is 11.6 Å². The number of halogens is 1. The molecule has 1 atom stereocenters. The maximum absolute atomic E-state index is 13.2. The van der Waals surface area contributed by atoms with Crippen LogP contribution in [0, 0.1) is 18.2 Å². The van der Waals surface area contributed by atoms with E-state index < -0.39 is 5.41 Å². The van der Waals surface area contributed by atoms with Crippen LogP contribution in [0.1, 0.15) is 25.8 Å². The first-order valence-corrected chi connectivity index (χ1v) is 5.70. The number of nitrogens with one attached hydrogen (secondary N) is 1. The molecule has 3 N–H and O–H groups in total. The van der Waals surface area contributed by atoms with E-state index in [-0.39, 0.29) is 18.3 Å². The molecule has 3 nitrogen and oxygen atoms in total. The first-order chi connectivity index (χ1) is 7.91. The number of aryl methyl sites for hydroxylation is 1. The van der Waals surface area contributed by atoms with Crippen LogP contribution in [-0.2, 0) is 4.79 Å². The van der Waals surface area contributed by atoms with Gasteiger partial charge in [0.1, 0.15) is 5.82 Å². The van der Waals surface area contributed by atoms with Crippen molar-refractivity contribution in [3.05, 3.63) is 29.6 Å². The lowest BCUT2D eigenvalue weighted by atomic mass is 9.86. The molecule has 0 saturated carbocycles. The lowest BCUT2D eigenvalue weighted by Crippen LogP contribution is -2.39. The lowest BCUT2D eigenvalue weighted by molar-refractivity contribution is -0.124. The van der Waals surface area contributed by atoms with Gasteiger partial charge in [-0.3, -0.25) is 4.79 Å². The minimum absolute atomic E-state index is 0.174. The molecule has 1 amide bonds. The molecule has 1 aromatic carbocycles. The topological polar surface area (TPSA) is 55.1 Å². The minimum Gasteiger partial charge on any atom is -0.329 e. The highest BCUT2D eigenvalue weighted by molar-refractivity contribution is 5.95. The van der Waals surface area contributed by atoms with Crippen LogP contribution in [-0.4, -0.2) is 12.5 Å². The van der Waals surface area contributed by atoms with Crippen molar-refractivity contribution in [3.63, 3.8) is 0 Å². The average molecular weight is 238 g/mol. The molecule has 0 heterocycles. The SMILES string of the molecule is CCC(C)(CN)C(=O)Nc1cc(C)cc(F)c1. The van der Waals surface area contributed by atoms with Gasteiger partial charge in [-0.05, 0) is 44.0 Å². The maximum Gasteiger partial charge on any atom is 0.231 e. The summed E-state index contributed by atoms with van der Waals surface area (Å²) in [6.07, 6.45) is 0.642. The van der Waals surface area contributed by atoms with Crippen molar-refractivity contribution in [2.75, 3.05) is 11.9 Å². The van der Waals surface area contributed by atoms with Crippen LogP contribution < -0.4 is 11.1 Å². The van der Waals surface area contributed by atoms with E-state index in [9.17, 15) is 9.18 Å². The average Bonchev–Trinajstić information content (AvgIpc) is 2.26. The molecule has 1 rings (SSSR count). The molecule has 0 saturated heterocycles. The summed E-state index contributed by atoms with van der Waals surface area (Å²) < 4.78 is 13.2. The Labute approximate surface area is 101 Å². The molecule has 1 aromatic rings. The maximum atomic E-state index is 13.2. The zero-order chi connectivity index (χ0) is 13.1. The Morgan fingerprint density at radius 3 is 2.59 bits per heavy atom. The molecule has 0 aliphatic carbocycles. The number of rotatable bonds is 4. The third-order valence-electron chi connectivity index (χ3n) is 3.08. The van der Waals surface area contributed by atoms with Crippen molar-refractivity contribution in [2.45, 2.75) is 27.2 Å². The summed E-state index contributed by atoms with van der Waals surface area (Å²) in [5.41, 5.74) is 6.23. The molecule has 0 bridgehead atoms. The van der Waals surface area contributed by atoms with Crippen LogP contribution in [0.25, 0.3) is 0 Å². The third-order valence-corrected chi connectivity index (χ3v) is 3.08. The minimum atomic E-state index is -0.611. The molecule has 94 valence electrons. The van der Waals surface area contributed by atoms with Gasteiger partial charge < -0.3 is 11.1 Å². The fraction of sp³-hybridized carbons (Fsp3) is 0.462. The van der Waals surface area contributed by atoms with Crippen LogP contribution in [0.2, 0.25) is 0 Å². The van der Waals surface area contributed by atoms with E-state index in [0.717, 1.165) is 5.56 Å². The molecule has 0 aliphatic rings. The van der Waals surface area contributed by atoms with Gasteiger partial charge in [0.25, 0.3) is 0 Å². The molecule has 0 aromatic heterocycles. The zero-order valence-electron chi connectivity index (χ0n) is 10.5. The van der Waals surface area contributed by atoms with Gasteiger partial charge in [0.2, 0.25) is 5.91 Å². The van der Waals surface area contributed by atoms with Gasteiger partial charge in [-0.1, -0.05) is 6.92 Å². The van der Waals surface area contributed by atoms with Crippen LogP contribution in [0.3, 0.4) is 0 Å². The van der Waals surface area contributed by atoms with Gasteiger partial charge >= 0.3 is 0 Å². The largest absolute Gasteiger partial charge is 0.329 e. The fourth-order valence-corrected chi connectivity index (χ4v) is 1.49. The summed E-state index contributed by atoms with van der Waals surface area (Å²) in [5, 5.41) is 2.71. The molecule has 4 heteroatoms. The Morgan fingerprint density at radius 1 is 1.47 bits per heavy atom. The molecule has 0 radical (unpaired) electrons. The Bertz CT molecular complexity index is 394. The smallest absolute Gasteiger partial charge is 0.231 e. The van der Waals surface area contributed by atoms with Gasteiger partial charge in [0.15, 0.2) is 0 Å². The second kappa shape index (κ2) is 5.27. The Balaban J connectivity index is 2.87. The van der Waals surface area contributed by atoms with Crippen molar-refractivity contribution in [1.82, 2.24) is 0 Å². The molecule has 0 aliphatic heterocycles. The number of benzene rings is 1. The zero-order valence-corrected chi connectivity index (χ0v) is 10.5. The molecule has 17 heavy (non-hydrogen) atoms. The van der Waals surface area contributed by atoms with E-state index in [1.54, 1.807) is 19.9 Å². The van der Waals surface area contributed by atoms with E-state index in [0.29, 0.717) is 12.1 Å². The number of amides is 1. The van der Waals surface area contributed by atoms with E-state index in [1.165, 1.54) is 12.1 Å². The van der Waals surface area contributed by atoms with Gasteiger partial charge in [0.05, 0.1) is 5.41 Å². The number of hydrogen-bond acceptors (Lipinski definition) is 2. The van der Waals surface area contributed by atoms with Crippen molar-refractivity contribution in [1.29, 1.82) is 0 Å². The number of carbonyl (C=O) groups excluding carboxylic acids is 1. The Hall–Kier alpha value is -1.42. The number of carbonyl (C=O) groups is 1. The van der Waals surface area contributed by atoms with Gasteiger partial charge in [-0.2, -0.15) is 0 Å². The molecule has 0 fully saturated rings. The quantitative estimate of drug-likeness (QED) is 0.846. The summed E-state index contributed by atoms with van der Waals surface area (Å²) in [4.78, 5) is 12.0. The Kier molecular flexibility index (Phi) is 4.23. The summed E-state index contributed by atoms with van der Waals surface area (Å²) in [7, 11) is 0. The predicted octanol–water partition coefficient (Wildman–Crippen LogP) is 2.45. The third kappa shape index (κ3) is 3.27. The summed E-state index contributed by atoms with van der Waals surface area (Å²) in [6, 6.07) is 4.45. The van der Waals surface area contributed by atoms with Gasteiger partial charge in [-0.25, -0.2) is 4.39 Å². The van der Waals surface area contributed by atoms with Crippen molar-refractivity contribution in [2.24, 2.45) is 11.1 Å². The number of nitrogens with two attached hydrogens (primary N) is 1. The van der Waals surface area contributed by atoms with Crippen molar-refractivity contribution < 1.29 is 9.18 Å². The van der Waals surface area contributed by atoms with Crippen LogP contribution in [0.5, 0.6) is 0 Å². The predicted molar refractivity (Wildman–Crippen MR) is 67.2 cm³/mol. The first-order valence-electron chi connectivity index (χ1n) is 5.70. The Morgan fingerprint density at radius 2 is 2.12 bits per heavy atom. The standard InChI is InChI=1S/C13H19FN2O/c1-4-13(3,8-15)12(17)16-11-6-9(2)5-10(14)7-11/h5-7H,4,8,15H2,1-3H3,(H,16,17). The van der Waals surface area contributed by atoms with E-state index in [2.05, 4.69) is 5.32 Å². The van der Waals surface area contributed by atoms with Crippen LogP contribution >= 0.6 is 0 Å². The molecular formula is C13H19FN2O.